The van der Waals surface area contributed by atoms with Crippen LogP contribution in [0.25, 0.3) is 10.9 Å². The summed E-state index contributed by atoms with van der Waals surface area (Å²) in [5, 5.41) is 1.42. The van der Waals surface area contributed by atoms with Crippen molar-refractivity contribution >= 4 is 28.5 Å². The molecular formula is C26H25ClN2O2. The Kier molecular flexibility index (Phi) is 5.51. The molecule has 0 spiro atoms. The lowest BCUT2D eigenvalue weighted by Crippen LogP contribution is -2.55. The number of aromatic nitrogens is 1. The van der Waals surface area contributed by atoms with Crippen molar-refractivity contribution in [2.45, 2.75) is 25.0 Å². The Balaban J connectivity index is 1.55. The highest BCUT2D eigenvalue weighted by molar-refractivity contribution is 6.33. The van der Waals surface area contributed by atoms with Gasteiger partial charge < -0.3 is 4.74 Å². The van der Waals surface area contributed by atoms with Gasteiger partial charge in [0.05, 0.1) is 22.1 Å². The third kappa shape index (κ3) is 3.75. The van der Waals surface area contributed by atoms with Gasteiger partial charge >= 0.3 is 5.97 Å². The van der Waals surface area contributed by atoms with Crippen molar-refractivity contribution in [3.63, 3.8) is 0 Å². The predicted molar refractivity (Wildman–Crippen MR) is 123 cm³/mol. The van der Waals surface area contributed by atoms with Gasteiger partial charge in [0.1, 0.15) is 6.10 Å². The summed E-state index contributed by atoms with van der Waals surface area (Å²) in [4.78, 5) is 20.2. The predicted octanol–water partition coefficient (Wildman–Crippen LogP) is 5.68. The molecule has 0 aliphatic carbocycles. The first-order valence-corrected chi connectivity index (χ1v) is 11.2. The standard InChI is InChI=1S/C26H25ClN2O2/c1-2-17-16-29-14-12-18(17)15-24(29)25(31-26(30)21-8-3-5-9-22(21)27)20-11-13-28-23-10-6-4-7-19(20)23/h2-11,13,17-18,24-25H,1,12,14-16H2/t17?,18-,24?,25?/m0/s1. The number of nitrogens with zero attached hydrogens (tertiary/aromatic N) is 2. The fourth-order valence-electron chi connectivity index (χ4n) is 5.21. The zero-order valence-corrected chi connectivity index (χ0v) is 18.0. The lowest BCUT2D eigenvalue weighted by atomic mass is 9.73. The van der Waals surface area contributed by atoms with E-state index in [1.54, 1.807) is 24.4 Å². The number of hydrogen-bond donors (Lipinski definition) is 0. The van der Waals surface area contributed by atoms with Crippen LogP contribution in [0.3, 0.4) is 0 Å². The van der Waals surface area contributed by atoms with E-state index in [9.17, 15) is 4.79 Å². The summed E-state index contributed by atoms with van der Waals surface area (Å²) in [6.45, 7) is 6.01. The first kappa shape index (κ1) is 20.2. The lowest BCUT2D eigenvalue weighted by molar-refractivity contribution is -0.0568. The molecule has 31 heavy (non-hydrogen) atoms. The highest BCUT2D eigenvalue weighted by Gasteiger charge is 2.44. The summed E-state index contributed by atoms with van der Waals surface area (Å²) in [5.74, 6) is 0.681. The molecule has 4 heterocycles. The minimum Gasteiger partial charge on any atom is -0.452 e. The maximum absolute atomic E-state index is 13.2. The Morgan fingerprint density at radius 1 is 1.19 bits per heavy atom. The molecule has 0 N–H and O–H groups in total. The van der Waals surface area contributed by atoms with Crippen LogP contribution in [0.1, 0.15) is 34.9 Å². The summed E-state index contributed by atoms with van der Waals surface area (Å²) >= 11 is 6.30. The molecule has 0 saturated carbocycles. The number of esters is 1. The fourth-order valence-corrected chi connectivity index (χ4v) is 5.43. The quantitative estimate of drug-likeness (QED) is 0.384. The van der Waals surface area contributed by atoms with Crippen LogP contribution >= 0.6 is 11.6 Å². The molecule has 158 valence electrons. The van der Waals surface area contributed by atoms with Gasteiger partial charge in [0.15, 0.2) is 0 Å². The maximum atomic E-state index is 13.2. The number of piperidine rings is 3. The zero-order valence-electron chi connectivity index (χ0n) is 17.3. The average molecular weight is 433 g/mol. The van der Waals surface area contributed by atoms with Gasteiger partial charge in [0, 0.05) is 23.7 Å². The van der Waals surface area contributed by atoms with Crippen LogP contribution in [0.15, 0.2) is 73.4 Å². The molecule has 3 fully saturated rings. The molecule has 2 bridgehead atoms. The van der Waals surface area contributed by atoms with Gasteiger partial charge in [-0.15, -0.1) is 6.58 Å². The maximum Gasteiger partial charge on any atom is 0.340 e. The van der Waals surface area contributed by atoms with Crippen molar-refractivity contribution in [3.8, 4) is 0 Å². The van der Waals surface area contributed by atoms with E-state index in [1.807, 2.05) is 30.3 Å². The molecule has 3 saturated heterocycles. The van der Waals surface area contributed by atoms with Gasteiger partial charge in [-0.25, -0.2) is 4.79 Å². The van der Waals surface area contributed by atoms with E-state index in [4.69, 9.17) is 16.3 Å². The van der Waals surface area contributed by atoms with Gasteiger partial charge in [-0.1, -0.05) is 48.0 Å². The number of benzene rings is 2. The number of rotatable bonds is 5. The molecule has 4 unspecified atom stereocenters. The Labute approximate surface area is 187 Å². The van der Waals surface area contributed by atoms with E-state index >= 15 is 0 Å². The average Bonchev–Trinajstić information content (AvgIpc) is 2.82. The molecule has 4 nitrogen and oxygen atoms in total. The molecule has 2 aromatic carbocycles. The summed E-state index contributed by atoms with van der Waals surface area (Å²) in [5.41, 5.74) is 2.30. The van der Waals surface area contributed by atoms with E-state index in [0.717, 1.165) is 42.4 Å². The van der Waals surface area contributed by atoms with Crippen LogP contribution < -0.4 is 0 Å². The van der Waals surface area contributed by atoms with Gasteiger partial charge in [-0.2, -0.15) is 0 Å². The number of carbonyl (C=O) groups excluding carboxylic acids is 1. The van der Waals surface area contributed by atoms with Crippen LogP contribution in [-0.2, 0) is 4.74 Å². The van der Waals surface area contributed by atoms with E-state index in [2.05, 4.69) is 28.6 Å². The van der Waals surface area contributed by atoms with Crippen LogP contribution in [-0.4, -0.2) is 35.0 Å². The summed E-state index contributed by atoms with van der Waals surface area (Å²) in [7, 11) is 0. The summed E-state index contributed by atoms with van der Waals surface area (Å²) in [6.07, 6.45) is 5.63. The second-order valence-corrected chi connectivity index (χ2v) is 8.88. The van der Waals surface area contributed by atoms with Crippen LogP contribution in [0.5, 0.6) is 0 Å². The molecule has 5 atom stereocenters. The van der Waals surface area contributed by atoms with Gasteiger partial charge in [-0.05, 0) is 55.5 Å². The number of hydrogen-bond acceptors (Lipinski definition) is 4. The molecule has 0 amide bonds. The summed E-state index contributed by atoms with van der Waals surface area (Å²) < 4.78 is 6.25. The number of ether oxygens (including phenoxy) is 1. The zero-order chi connectivity index (χ0) is 21.4. The molecule has 3 aromatic rings. The van der Waals surface area contributed by atoms with Gasteiger partial charge in [-0.3, -0.25) is 9.88 Å². The first-order valence-electron chi connectivity index (χ1n) is 10.8. The highest BCUT2D eigenvalue weighted by Crippen LogP contribution is 2.43. The monoisotopic (exact) mass is 432 g/mol. The first-order chi connectivity index (χ1) is 15.2. The molecule has 0 radical (unpaired) electrons. The van der Waals surface area contributed by atoms with Crippen LogP contribution in [0.4, 0.5) is 0 Å². The minimum atomic E-state index is -0.398. The topological polar surface area (TPSA) is 42.4 Å². The number of halogens is 1. The van der Waals surface area contributed by atoms with Crippen LogP contribution in [0, 0.1) is 11.8 Å². The Hall–Kier alpha value is -2.69. The van der Waals surface area contributed by atoms with Crippen LogP contribution in [0.2, 0.25) is 5.02 Å². The summed E-state index contributed by atoms with van der Waals surface area (Å²) in [6, 6.07) is 17.2. The Morgan fingerprint density at radius 2 is 2.00 bits per heavy atom. The Morgan fingerprint density at radius 3 is 2.77 bits per heavy atom. The smallest absolute Gasteiger partial charge is 0.340 e. The van der Waals surface area contributed by atoms with Crippen molar-refractivity contribution in [2.24, 2.45) is 11.8 Å². The van der Waals surface area contributed by atoms with Gasteiger partial charge in [0.25, 0.3) is 0 Å². The van der Waals surface area contributed by atoms with E-state index in [0.29, 0.717) is 22.4 Å². The molecule has 3 aliphatic heterocycles. The third-order valence-electron chi connectivity index (χ3n) is 6.82. The largest absolute Gasteiger partial charge is 0.452 e. The lowest BCUT2D eigenvalue weighted by Gasteiger charge is -2.51. The molecule has 1 aromatic heterocycles. The van der Waals surface area contributed by atoms with E-state index < -0.39 is 6.10 Å². The second kappa shape index (κ2) is 8.45. The molecule has 6 rings (SSSR count). The van der Waals surface area contributed by atoms with Crippen molar-refractivity contribution in [3.05, 3.63) is 89.6 Å². The number of carbonyl (C=O) groups is 1. The van der Waals surface area contributed by atoms with E-state index in [1.165, 1.54) is 0 Å². The molecular weight excluding hydrogens is 408 g/mol. The SMILES string of the molecule is C=CC1CN2CC[C@H]1CC2C(OC(=O)c1ccccc1Cl)c1ccnc2ccccc12. The normalized spacial score (nSPS) is 25.8. The minimum absolute atomic E-state index is 0.118. The highest BCUT2D eigenvalue weighted by atomic mass is 35.5. The van der Waals surface area contributed by atoms with E-state index in [-0.39, 0.29) is 12.0 Å². The van der Waals surface area contributed by atoms with Gasteiger partial charge in [0.2, 0.25) is 0 Å². The van der Waals surface area contributed by atoms with Crippen molar-refractivity contribution in [1.29, 1.82) is 0 Å². The van der Waals surface area contributed by atoms with Crippen molar-refractivity contribution in [1.82, 2.24) is 9.88 Å². The van der Waals surface area contributed by atoms with Crippen molar-refractivity contribution in [2.75, 3.05) is 13.1 Å². The number of para-hydroxylation sites is 1. The fraction of sp³-hybridized carbons (Fsp3) is 0.308. The third-order valence-corrected chi connectivity index (χ3v) is 7.15. The number of pyridine rings is 1. The Bertz CT molecular complexity index is 1130. The second-order valence-electron chi connectivity index (χ2n) is 8.47. The van der Waals surface area contributed by atoms with Crippen molar-refractivity contribution < 1.29 is 9.53 Å². The molecule has 3 aliphatic rings. The number of fused-ring (bicyclic) bond motifs is 4. The molecule has 5 heteroatoms.